The number of aryl methyl sites for hydroxylation is 1. The fourth-order valence-electron chi connectivity index (χ4n) is 6.04. The van der Waals surface area contributed by atoms with Crippen molar-refractivity contribution in [2.24, 2.45) is 17.3 Å². The van der Waals surface area contributed by atoms with E-state index >= 15 is 0 Å². The van der Waals surface area contributed by atoms with E-state index < -0.39 is 34.0 Å². The average molecular weight is 569 g/mol. The topological polar surface area (TPSA) is 57.5 Å². The van der Waals surface area contributed by atoms with Crippen LogP contribution in [0, 0.1) is 17.3 Å². The molecule has 27 heavy (non-hydrogen) atoms. The summed E-state index contributed by atoms with van der Waals surface area (Å²) in [4.78, 5) is 11.5. The number of alkyl halides is 3. The van der Waals surface area contributed by atoms with E-state index in [9.17, 15) is 28.2 Å². The first-order valence-electron chi connectivity index (χ1n) is 9.74. The van der Waals surface area contributed by atoms with Crippen LogP contribution in [-0.4, -0.2) is 25.8 Å². The molecule has 3 nitrogen and oxygen atoms in total. The van der Waals surface area contributed by atoms with Gasteiger partial charge in [-0.3, -0.25) is 0 Å². The molecule has 0 unspecified atom stereocenters. The van der Waals surface area contributed by atoms with E-state index in [1.807, 2.05) is 0 Å². The van der Waals surface area contributed by atoms with Gasteiger partial charge in [0.05, 0.1) is 0 Å². The molecule has 3 aliphatic carbocycles. The van der Waals surface area contributed by atoms with E-state index in [2.05, 4.69) is 6.92 Å². The first-order chi connectivity index (χ1) is 12.6. The number of halogens is 3. The Morgan fingerprint density at radius 3 is 2.67 bits per heavy atom. The predicted octanol–water partition coefficient (Wildman–Crippen LogP) is 3.41. The normalized spacial score (nSPS) is 35.0. The van der Waals surface area contributed by atoms with Gasteiger partial charge in [-0.05, 0) is 0 Å². The van der Waals surface area contributed by atoms with Crippen LogP contribution in [0.1, 0.15) is 56.1 Å². The number of benzene rings is 1. The van der Waals surface area contributed by atoms with Crippen LogP contribution in [0.15, 0.2) is 12.1 Å². The van der Waals surface area contributed by atoms with E-state index in [0.29, 0.717) is 11.8 Å². The summed E-state index contributed by atoms with van der Waals surface area (Å²) in [5, 5.41) is 20.7. The van der Waals surface area contributed by atoms with Crippen molar-refractivity contribution in [2.75, 3.05) is 0 Å². The van der Waals surface area contributed by atoms with E-state index in [0.717, 1.165) is 49.7 Å². The molecule has 7 heteroatoms. The van der Waals surface area contributed by atoms with Crippen LogP contribution in [0.3, 0.4) is 0 Å². The third kappa shape index (κ3) is 3.24. The van der Waals surface area contributed by atoms with Crippen LogP contribution in [0.4, 0.5) is 13.2 Å². The van der Waals surface area contributed by atoms with Crippen molar-refractivity contribution < 1.29 is 52.8 Å². The minimum atomic E-state index is -4.79. The van der Waals surface area contributed by atoms with Crippen molar-refractivity contribution in [2.45, 2.75) is 63.6 Å². The van der Waals surface area contributed by atoms with Crippen LogP contribution >= 0.6 is 0 Å². The summed E-state index contributed by atoms with van der Waals surface area (Å²) in [5.41, 5.74) is 2.02. The molecule has 0 radical (unpaired) electrons. The molecular formula is C20H23F3HgO3. The molecule has 5 atom stereocenters. The number of phenols is 1. The number of hydrogen-bond donors (Lipinski definition) is 2. The maximum atomic E-state index is 12.7. The van der Waals surface area contributed by atoms with Gasteiger partial charge < -0.3 is 0 Å². The molecule has 2 saturated carbocycles. The third-order valence-corrected chi connectivity index (χ3v) is 14.0. The van der Waals surface area contributed by atoms with Gasteiger partial charge in [0.25, 0.3) is 0 Å². The standard InChI is InChI=1S/C18H23O2.C2F3O.Hg/c1-18-9-8-14-13-5-3-12(19)10-11(13)2-4-15(14)16(18)6-7-17(18)20;3-2(4,5)1-6;/h5,10,14-17,19-20H,2,4,6-9H2,1H3;;/t14-,15-,16+,17+,18+;;/m1../s1. The van der Waals surface area contributed by atoms with Gasteiger partial charge in [0.2, 0.25) is 0 Å². The number of aromatic hydroxyl groups is 1. The molecule has 0 aliphatic heterocycles. The Morgan fingerprint density at radius 2 is 1.96 bits per heavy atom. The summed E-state index contributed by atoms with van der Waals surface area (Å²) < 4.78 is 36.8. The Hall–Kier alpha value is -0.625. The maximum absolute atomic E-state index is 12.7. The van der Waals surface area contributed by atoms with Crippen molar-refractivity contribution in [1.29, 1.82) is 0 Å². The molecule has 1 aromatic rings. The zero-order valence-electron chi connectivity index (χ0n) is 15.4. The first kappa shape index (κ1) is 19.7. The molecule has 0 saturated heterocycles. The second kappa shape index (κ2) is 6.72. The Kier molecular flexibility index (Phi) is 4.90. The number of fused-ring (bicyclic) bond motifs is 5. The minimum absolute atomic E-state index is 0.0509. The van der Waals surface area contributed by atoms with Gasteiger partial charge in [-0.2, -0.15) is 0 Å². The molecule has 0 bridgehead atoms. The third-order valence-electron chi connectivity index (χ3n) is 7.54. The van der Waals surface area contributed by atoms with Gasteiger partial charge in [0, 0.05) is 0 Å². The number of rotatable bonds is 2. The van der Waals surface area contributed by atoms with Crippen molar-refractivity contribution in [3.8, 4) is 5.75 Å². The van der Waals surface area contributed by atoms with Crippen LogP contribution in [0.2, 0.25) is 0 Å². The quantitative estimate of drug-likeness (QED) is 0.538. The second-order valence-corrected chi connectivity index (χ2v) is 15.7. The van der Waals surface area contributed by atoms with E-state index in [1.165, 1.54) is 0 Å². The molecule has 0 amide bonds. The summed E-state index contributed by atoms with van der Waals surface area (Å²) >= 11 is -3.15. The van der Waals surface area contributed by atoms with Gasteiger partial charge in [-0.15, -0.1) is 0 Å². The average Bonchev–Trinajstić information content (AvgIpc) is 2.90. The zero-order valence-corrected chi connectivity index (χ0v) is 20.8. The fraction of sp³-hybridized carbons (Fsp3) is 0.650. The second-order valence-electron chi connectivity index (χ2n) is 8.83. The molecule has 0 heterocycles. The number of phenolic OH excluding ortho intramolecular Hbond substituents is 1. The summed E-state index contributed by atoms with van der Waals surface area (Å²) in [6.07, 6.45) is 0.408. The van der Waals surface area contributed by atoms with Crippen LogP contribution in [0.25, 0.3) is 0 Å². The Morgan fingerprint density at radius 1 is 1.22 bits per heavy atom. The van der Waals surface area contributed by atoms with Crippen LogP contribution < -0.4 is 3.07 Å². The number of aliphatic hydroxyl groups is 1. The molecule has 3 aliphatic rings. The molecule has 1 aromatic carbocycles. The molecule has 2 fully saturated rings. The summed E-state index contributed by atoms with van der Waals surface area (Å²) in [5.74, 6) is 1.02. The van der Waals surface area contributed by atoms with Gasteiger partial charge in [-0.1, -0.05) is 0 Å². The number of carbonyl (C=O) groups is 1. The van der Waals surface area contributed by atoms with E-state index in [4.69, 9.17) is 0 Å². The van der Waals surface area contributed by atoms with Crippen molar-refractivity contribution in [3.05, 3.63) is 23.3 Å². The zero-order chi connectivity index (χ0) is 19.6. The fourth-order valence-corrected chi connectivity index (χ4v) is 10.5. The molecule has 2 N–H and O–H groups in total. The van der Waals surface area contributed by atoms with Crippen molar-refractivity contribution >= 4 is 6.36 Å². The first-order valence-corrected chi connectivity index (χ1v) is 15.2. The molecule has 0 aromatic heterocycles. The molecular weight excluding hydrogens is 546 g/mol. The van der Waals surface area contributed by atoms with Gasteiger partial charge in [0.15, 0.2) is 0 Å². The molecule has 4 rings (SSSR count). The van der Waals surface area contributed by atoms with Crippen molar-refractivity contribution in [3.63, 3.8) is 0 Å². The molecule has 144 valence electrons. The van der Waals surface area contributed by atoms with Crippen LogP contribution in [-0.2, 0) is 35.8 Å². The SMILES string of the molecule is C[C@]12CC[C@@H]3c4c[c]([Hg][C](=O)C(F)(F)F)c(O)cc4CC[C@H]3[C@@H]1CC[C@@H]2O. The summed E-state index contributed by atoms with van der Waals surface area (Å²) in [6.45, 7) is 2.18. The Labute approximate surface area is 168 Å². The van der Waals surface area contributed by atoms with Crippen molar-refractivity contribution in [1.82, 2.24) is 0 Å². The monoisotopic (exact) mass is 570 g/mol. The molecule has 0 spiro atoms. The van der Waals surface area contributed by atoms with Gasteiger partial charge >= 0.3 is 169 Å². The van der Waals surface area contributed by atoms with Gasteiger partial charge in [-0.25, -0.2) is 0 Å². The number of hydrogen-bond acceptors (Lipinski definition) is 3. The Balaban J connectivity index is 1.66. The predicted molar refractivity (Wildman–Crippen MR) is 89.4 cm³/mol. The number of carbonyl (C=O) groups excluding carboxylic acids is 1. The summed E-state index contributed by atoms with van der Waals surface area (Å²) in [6, 6.07) is 3.35. The van der Waals surface area contributed by atoms with Crippen LogP contribution in [0.5, 0.6) is 5.75 Å². The van der Waals surface area contributed by atoms with E-state index in [1.54, 1.807) is 12.1 Å². The number of aliphatic hydroxyl groups excluding tert-OH is 1. The Bertz CT molecular complexity index is 778. The van der Waals surface area contributed by atoms with Gasteiger partial charge in [0.1, 0.15) is 0 Å². The summed E-state index contributed by atoms with van der Waals surface area (Å²) in [7, 11) is 0. The van der Waals surface area contributed by atoms with E-state index in [-0.39, 0.29) is 26.3 Å².